The highest BCUT2D eigenvalue weighted by Crippen LogP contribution is 2.24. The summed E-state index contributed by atoms with van der Waals surface area (Å²) in [6, 6.07) is 5.29. The predicted octanol–water partition coefficient (Wildman–Crippen LogP) is 0.167. The van der Waals surface area contributed by atoms with Gasteiger partial charge in [0.25, 0.3) is 0 Å². The average Bonchev–Trinajstić information content (AvgIpc) is 3.06. The quantitative estimate of drug-likeness (QED) is 0.830. The standard InChI is InChI=1S/C11H13N5O2S/c17-19(18,12-7-11-13-15-16-14-11)10-5-4-8-2-1-3-9(8)6-10/h4-6,12H,1-3,7H2,(H,13,14,15,16). The smallest absolute Gasteiger partial charge is 0.207 e. The van der Waals surface area contributed by atoms with Crippen LogP contribution in [0.5, 0.6) is 0 Å². The van der Waals surface area contributed by atoms with Gasteiger partial charge in [0, 0.05) is 0 Å². The molecule has 0 saturated carbocycles. The van der Waals surface area contributed by atoms with E-state index in [9.17, 15) is 8.42 Å². The molecule has 19 heavy (non-hydrogen) atoms. The van der Waals surface area contributed by atoms with Crippen molar-refractivity contribution in [2.24, 2.45) is 0 Å². The van der Waals surface area contributed by atoms with Crippen molar-refractivity contribution in [2.75, 3.05) is 0 Å². The summed E-state index contributed by atoms with van der Waals surface area (Å²) in [5.41, 5.74) is 2.37. The SMILES string of the molecule is O=S(=O)(NCc1nn[nH]n1)c1ccc2c(c1)CCC2. The number of aromatic amines is 1. The number of fused-ring (bicyclic) bond motifs is 1. The first kappa shape index (κ1) is 12.2. The van der Waals surface area contributed by atoms with E-state index in [1.54, 1.807) is 12.1 Å². The minimum atomic E-state index is -3.53. The lowest BCUT2D eigenvalue weighted by atomic mass is 10.1. The fourth-order valence-corrected chi connectivity index (χ4v) is 3.25. The zero-order valence-corrected chi connectivity index (χ0v) is 10.9. The minimum absolute atomic E-state index is 0.0237. The van der Waals surface area contributed by atoms with Crippen LogP contribution in [0.15, 0.2) is 23.1 Å². The van der Waals surface area contributed by atoms with E-state index in [0.29, 0.717) is 5.82 Å². The first-order valence-electron chi connectivity index (χ1n) is 5.99. The zero-order chi connectivity index (χ0) is 13.3. The normalized spacial score (nSPS) is 14.5. The molecule has 1 aliphatic rings. The molecule has 2 N–H and O–H groups in total. The van der Waals surface area contributed by atoms with Crippen LogP contribution in [0.25, 0.3) is 0 Å². The molecule has 0 unspecified atom stereocenters. The molecule has 0 amide bonds. The van der Waals surface area contributed by atoms with Crippen LogP contribution in [-0.4, -0.2) is 29.0 Å². The van der Waals surface area contributed by atoms with Crippen molar-refractivity contribution in [3.63, 3.8) is 0 Å². The van der Waals surface area contributed by atoms with E-state index in [0.717, 1.165) is 24.8 Å². The largest absolute Gasteiger partial charge is 0.240 e. The van der Waals surface area contributed by atoms with Crippen LogP contribution in [0, 0.1) is 0 Å². The Kier molecular flexibility index (Phi) is 3.03. The third kappa shape index (κ3) is 2.49. The molecule has 0 radical (unpaired) electrons. The van der Waals surface area contributed by atoms with E-state index < -0.39 is 10.0 Å². The summed E-state index contributed by atoms with van der Waals surface area (Å²) >= 11 is 0. The van der Waals surface area contributed by atoms with Crippen molar-refractivity contribution in [3.8, 4) is 0 Å². The fraction of sp³-hybridized carbons (Fsp3) is 0.364. The lowest BCUT2D eigenvalue weighted by Crippen LogP contribution is -2.24. The average molecular weight is 279 g/mol. The molecule has 0 aliphatic heterocycles. The van der Waals surface area contributed by atoms with E-state index >= 15 is 0 Å². The van der Waals surface area contributed by atoms with E-state index in [2.05, 4.69) is 25.3 Å². The number of nitrogens with one attached hydrogen (secondary N) is 2. The zero-order valence-electron chi connectivity index (χ0n) is 10.1. The molecule has 1 heterocycles. The van der Waals surface area contributed by atoms with Gasteiger partial charge in [0.15, 0.2) is 5.82 Å². The number of tetrazole rings is 1. The molecule has 100 valence electrons. The van der Waals surface area contributed by atoms with Gasteiger partial charge in [-0.05, 0) is 42.5 Å². The summed E-state index contributed by atoms with van der Waals surface area (Å²) in [7, 11) is -3.53. The summed E-state index contributed by atoms with van der Waals surface area (Å²) in [5, 5.41) is 13.0. The second-order valence-electron chi connectivity index (χ2n) is 4.44. The van der Waals surface area contributed by atoms with E-state index in [-0.39, 0.29) is 11.4 Å². The number of rotatable bonds is 4. The molecular formula is C11H13N5O2S. The van der Waals surface area contributed by atoms with Crippen molar-refractivity contribution < 1.29 is 8.42 Å². The Balaban J connectivity index is 1.80. The van der Waals surface area contributed by atoms with Crippen LogP contribution in [-0.2, 0) is 29.4 Å². The van der Waals surface area contributed by atoms with Gasteiger partial charge in [0.1, 0.15) is 0 Å². The van der Waals surface area contributed by atoms with Crippen molar-refractivity contribution in [2.45, 2.75) is 30.7 Å². The topological polar surface area (TPSA) is 101 Å². The summed E-state index contributed by atoms with van der Waals surface area (Å²) in [6.45, 7) is 0.0237. The Morgan fingerprint density at radius 1 is 1.26 bits per heavy atom. The Bertz CT molecular complexity index is 681. The van der Waals surface area contributed by atoms with Crippen LogP contribution < -0.4 is 4.72 Å². The van der Waals surface area contributed by atoms with Crippen LogP contribution in [0.4, 0.5) is 0 Å². The van der Waals surface area contributed by atoms with E-state index in [1.807, 2.05) is 6.07 Å². The van der Waals surface area contributed by atoms with Crippen molar-refractivity contribution in [3.05, 3.63) is 35.2 Å². The number of sulfonamides is 1. The highest BCUT2D eigenvalue weighted by molar-refractivity contribution is 7.89. The molecular weight excluding hydrogens is 266 g/mol. The first-order valence-corrected chi connectivity index (χ1v) is 7.47. The molecule has 0 saturated heterocycles. The molecule has 1 aliphatic carbocycles. The molecule has 0 bridgehead atoms. The number of hydrogen-bond acceptors (Lipinski definition) is 5. The Hall–Kier alpha value is -1.80. The number of aromatic nitrogens is 4. The van der Waals surface area contributed by atoms with E-state index in [1.165, 1.54) is 5.56 Å². The number of aryl methyl sites for hydroxylation is 2. The first-order chi connectivity index (χ1) is 9.15. The Morgan fingerprint density at radius 3 is 2.89 bits per heavy atom. The second kappa shape index (κ2) is 4.71. The highest BCUT2D eigenvalue weighted by atomic mass is 32.2. The van der Waals surface area contributed by atoms with Crippen molar-refractivity contribution in [1.82, 2.24) is 25.3 Å². The van der Waals surface area contributed by atoms with Crippen LogP contribution in [0.3, 0.4) is 0 Å². The van der Waals surface area contributed by atoms with Gasteiger partial charge in [-0.2, -0.15) is 5.21 Å². The third-order valence-corrected chi connectivity index (χ3v) is 4.59. The van der Waals surface area contributed by atoms with Gasteiger partial charge < -0.3 is 0 Å². The number of hydrogen-bond donors (Lipinski definition) is 2. The lowest BCUT2D eigenvalue weighted by Gasteiger charge is -2.07. The van der Waals surface area contributed by atoms with Gasteiger partial charge in [-0.25, -0.2) is 13.1 Å². The molecule has 0 atom stereocenters. The van der Waals surface area contributed by atoms with Crippen molar-refractivity contribution in [1.29, 1.82) is 0 Å². The summed E-state index contributed by atoms with van der Waals surface area (Å²) in [4.78, 5) is 0.289. The molecule has 2 aromatic rings. The Morgan fingerprint density at radius 2 is 2.11 bits per heavy atom. The van der Waals surface area contributed by atoms with E-state index in [4.69, 9.17) is 0 Å². The maximum Gasteiger partial charge on any atom is 0.240 e. The third-order valence-electron chi connectivity index (χ3n) is 3.19. The highest BCUT2D eigenvalue weighted by Gasteiger charge is 2.18. The fourth-order valence-electron chi connectivity index (χ4n) is 2.22. The minimum Gasteiger partial charge on any atom is -0.207 e. The number of benzene rings is 1. The second-order valence-corrected chi connectivity index (χ2v) is 6.20. The number of H-pyrrole nitrogens is 1. The molecule has 3 rings (SSSR count). The monoisotopic (exact) mass is 279 g/mol. The molecule has 1 aromatic heterocycles. The van der Waals surface area contributed by atoms with Gasteiger partial charge in [0.05, 0.1) is 11.4 Å². The molecule has 0 spiro atoms. The van der Waals surface area contributed by atoms with Crippen LogP contribution in [0.1, 0.15) is 23.4 Å². The molecule has 8 heteroatoms. The van der Waals surface area contributed by atoms with Gasteiger partial charge in [-0.15, -0.1) is 10.2 Å². The van der Waals surface area contributed by atoms with Gasteiger partial charge in [0.2, 0.25) is 10.0 Å². The maximum atomic E-state index is 12.1. The Labute approximate surface area is 110 Å². The molecule has 1 aromatic carbocycles. The molecule has 0 fully saturated rings. The molecule has 7 nitrogen and oxygen atoms in total. The predicted molar refractivity (Wildman–Crippen MR) is 66.7 cm³/mol. The van der Waals surface area contributed by atoms with Gasteiger partial charge >= 0.3 is 0 Å². The summed E-state index contributed by atoms with van der Waals surface area (Å²) < 4.78 is 26.7. The van der Waals surface area contributed by atoms with Gasteiger partial charge in [-0.3, -0.25) is 0 Å². The van der Waals surface area contributed by atoms with Gasteiger partial charge in [-0.1, -0.05) is 11.3 Å². The summed E-state index contributed by atoms with van der Waals surface area (Å²) in [5.74, 6) is 0.310. The number of nitrogens with zero attached hydrogens (tertiary/aromatic N) is 3. The summed E-state index contributed by atoms with van der Waals surface area (Å²) in [6.07, 6.45) is 3.07. The van der Waals surface area contributed by atoms with Crippen LogP contribution >= 0.6 is 0 Å². The lowest BCUT2D eigenvalue weighted by molar-refractivity contribution is 0.579. The van der Waals surface area contributed by atoms with Crippen molar-refractivity contribution >= 4 is 10.0 Å². The van der Waals surface area contributed by atoms with Crippen LogP contribution in [0.2, 0.25) is 0 Å². The maximum absolute atomic E-state index is 12.1.